The molecule has 0 bridgehead atoms. The van der Waals surface area contributed by atoms with Gasteiger partial charge in [-0.3, -0.25) is 4.79 Å². The lowest BCUT2D eigenvalue weighted by Crippen LogP contribution is -2.13. The van der Waals surface area contributed by atoms with Crippen LogP contribution in [0.15, 0.2) is 33.7 Å². The number of hydrogen-bond acceptors (Lipinski definition) is 4. The first-order valence-corrected chi connectivity index (χ1v) is 5.63. The second kappa shape index (κ2) is 4.03. The Morgan fingerprint density at radius 3 is 2.55 bits per heavy atom. The number of nitrogens with zero attached hydrogens (tertiary/aromatic N) is 2. The molecule has 0 unspecified atom stereocenters. The Labute approximate surface area is 109 Å². The molecule has 7 heteroatoms. The number of aromatic nitrogens is 2. The average Bonchev–Trinajstić information content (AvgIpc) is 2.34. The van der Waals surface area contributed by atoms with Gasteiger partial charge in [0.05, 0.1) is 16.8 Å². The number of alkyl halides is 3. The molecular formula is C13H7F3N2O2. The molecule has 0 fully saturated rings. The van der Waals surface area contributed by atoms with E-state index >= 15 is 0 Å². The third-order valence-corrected chi connectivity index (χ3v) is 2.82. The summed E-state index contributed by atoms with van der Waals surface area (Å²) in [7, 11) is 0. The molecule has 0 aliphatic carbocycles. The third kappa shape index (κ3) is 2.01. The fourth-order valence-electron chi connectivity index (χ4n) is 2.00. The molecule has 2 heterocycles. The van der Waals surface area contributed by atoms with Gasteiger partial charge in [-0.1, -0.05) is 0 Å². The van der Waals surface area contributed by atoms with Crippen molar-refractivity contribution in [2.24, 2.45) is 0 Å². The van der Waals surface area contributed by atoms with E-state index in [1.54, 1.807) is 6.92 Å². The topological polar surface area (TPSA) is 56.0 Å². The van der Waals surface area contributed by atoms with E-state index in [1.807, 2.05) is 0 Å². The van der Waals surface area contributed by atoms with Gasteiger partial charge in [-0.2, -0.15) is 13.2 Å². The highest BCUT2D eigenvalue weighted by atomic mass is 19.4. The Morgan fingerprint density at radius 2 is 1.85 bits per heavy atom. The van der Waals surface area contributed by atoms with Gasteiger partial charge in [0.15, 0.2) is 5.58 Å². The van der Waals surface area contributed by atoms with Gasteiger partial charge in [0.25, 0.3) is 5.56 Å². The lowest BCUT2D eigenvalue weighted by Gasteiger charge is -2.09. The first-order valence-electron chi connectivity index (χ1n) is 5.63. The lowest BCUT2D eigenvalue weighted by molar-refractivity contribution is -0.136. The summed E-state index contributed by atoms with van der Waals surface area (Å²) in [6.07, 6.45) is -3.26. The maximum Gasteiger partial charge on any atom is 0.417 e. The van der Waals surface area contributed by atoms with E-state index in [9.17, 15) is 18.0 Å². The zero-order chi connectivity index (χ0) is 14.5. The molecule has 0 saturated carbocycles. The van der Waals surface area contributed by atoms with Crippen LogP contribution in [0.25, 0.3) is 22.0 Å². The number of pyridine rings is 1. The summed E-state index contributed by atoms with van der Waals surface area (Å²) in [6, 6.07) is 3.01. The van der Waals surface area contributed by atoms with Crippen molar-refractivity contribution in [1.29, 1.82) is 0 Å². The lowest BCUT2D eigenvalue weighted by atomic mass is 10.1. The molecule has 102 valence electrons. The van der Waals surface area contributed by atoms with Crippen LogP contribution in [0.5, 0.6) is 0 Å². The van der Waals surface area contributed by atoms with Crippen molar-refractivity contribution >= 4 is 22.0 Å². The van der Waals surface area contributed by atoms with Gasteiger partial charge in [0, 0.05) is 17.5 Å². The van der Waals surface area contributed by atoms with E-state index in [-0.39, 0.29) is 22.0 Å². The second-order valence-corrected chi connectivity index (χ2v) is 4.33. The molecular weight excluding hydrogens is 273 g/mol. The molecule has 1 aromatic carbocycles. The van der Waals surface area contributed by atoms with Crippen LogP contribution in [0.1, 0.15) is 11.3 Å². The van der Waals surface area contributed by atoms with E-state index in [2.05, 4.69) is 9.97 Å². The molecule has 2 aromatic heterocycles. The summed E-state index contributed by atoms with van der Waals surface area (Å²) < 4.78 is 44.1. The molecule has 0 aliphatic rings. The highest BCUT2D eigenvalue weighted by Gasteiger charge is 2.33. The minimum Gasteiger partial charge on any atom is -0.461 e. The molecule has 3 rings (SSSR count). The summed E-state index contributed by atoms with van der Waals surface area (Å²) in [5.41, 5.74) is -0.926. The zero-order valence-electron chi connectivity index (χ0n) is 10.2. The van der Waals surface area contributed by atoms with Gasteiger partial charge in [0.1, 0.15) is 11.8 Å². The molecule has 0 N–H and O–H groups in total. The summed E-state index contributed by atoms with van der Waals surface area (Å²) in [6.45, 7) is 1.66. The van der Waals surface area contributed by atoms with Crippen LogP contribution >= 0.6 is 0 Å². The van der Waals surface area contributed by atoms with Crippen LogP contribution in [-0.2, 0) is 6.18 Å². The van der Waals surface area contributed by atoms with Crippen LogP contribution in [0.2, 0.25) is 0 Å². The van der Waals surface area contributed by atoms with Crippen LogP contribution in [-0.4, -0.2) is 9.97 Å². The van der Waals surface area contributed by atoms with Crippen LogP contribution in [0, 0.1) is 6.92 Å². The maximum atomic E-state index is 13.0. The minimum atomic E-state index is -4.63. The minimum absolute atomic E-state index is 0.0632. The van der Waals surface area contributed by atoms with E-state index in [0.717, 1.165) is 0 Å². The van der Waals surface area contributed by atoms with E-state index in [4.69, 9.17) is 4.42 Å². The normalized spacial score (nSPS) is 12.2. The number of hydrogen-bond donors (Lipinski definition) is 0. The van der Waals surface area contributed by atoms with Crippen LogP contribution in [0.3, 0.4) is 0 Å². The van der Waals surface area contributed by atoms with Crippen molar-refractivity contribution < 1.29 is 17.6 Å². The Balaban J connectivity index is 2.49. The molecule has 0 aliphatic heterocycles. The summed E-state index contributed by atoms with van der Waals surface area (Å²) in [4.78, 5) is 19.0. The Hall–Kier alpha value is -2.44. The standard InChI is InChI=1S/C13H7F3N2O2/c1-6-5-20-11-4-9-7(2-10(11)17-6)8(13(14,15)16)3-12(19)18-9/h2-5H,1H3. The quantitative estimate of drug-likeness (QED) is 0.594. The smallest absolute Gasteiger partial charge is 0.417 e. The summed E-state index contributed by atoms with van der Waals surface area (Å²) >= 11 is 0. The van der Waals surface area contributed by atoms with Crippen molar-refractivity contribution in [3.8, 4) is 0 Å². The van der Waals surface area contributed by atoms with Gasteiger partial charge in [-0.15, -0.1) is 0 Å². The van der Waals surface area contributed by atoms with Gasteiger partial charge in [-0.25, -0.2) is 9.97 Å². The largest absolute Gasteiger partial charge is 0.461 e. The number of halogens is 3. The number of fused-ring (bicyclic) bond motifs is 2. The summed E-state index contributed by atoms with van der Waals surface area (Å²) in [5, 5.41) is -0.169. The maximum absolute atomic E-state index is 13.0. The van der Waals surface area contributed by atoms with Crippen molar-refractivity contribution in [3.63, 3.8) is 0 Å². The molecule has 4 nitrogen and oxygen atoms in total. The van der Waals surface area contributed by atoms with E-state index < -0.39 is 17.3 Å². The fraction of sp³-hybridized carbons (Fsp3) is 0.154. The van der Waals surface area contributed by atoms with Crippen molar-refractivity contribution in [3.05, 3.63) is 46.1 Å². The first-order chi connectivity index (χ1) is 9.34. The molecule has 0 amide bonds. The van der Waals surface area contributed by atoms with Crippen molar-refractivity contribution in [2.45, 2.75) is 13.1 Å². The monoisotopic (exact) mass is 280 g/mol. The molecule has 0 atom stereocenters. The second-order valence-electron chi connectivity index (χ2n) is 4.33. The number of benzene rings is 1. The highest BCUT2D eigenvalue weighted by molar-refractivity contribution is 5.93. The number of aryl methyl sites for hydroxylation is 1. The van der Waals surface area contributed by atoms with Crippen molar-refractivity contribution in [1.82, 2.24) is 9.97 Å². The Kier molecular flexibility index (Phi) is 2.53. The molecule has 0 saturated heterocycles. The average molecular weight is 280 g/mol. The summed E-state index contributed by atoms with van der Waals surface area (Å²) in [5.74, 6) is 0. The van der Waals surface area contributed by atoms with Gasteiger partial charge < -0.3 is 4.42 Å². The molecule has 0 spiro atoms. The highest BCUT2D eigenvalue weighted by Crippen LogP contribution is 2.34. The van der Waals surface area contributed by atoms with Gasteiger partial charge >= 0.3 is 6.18 Å². The first kappa shape index (κ1) is 12.6. The third-order valence-electron chi connectivity index (χ3n) is 2.82. The van der Waals surface area contributed by atoms with Crippen LogP contribution in [0.4, 0.5) is 13.2 Å². The Morgan fingerprint density at radius 1 is 1.10 bits per heavy atom. The SMILES string of the molecule is Cc1coc2cc3nc(=O)cc(C(F)(F)F)c3cc2n1. The predicted molar refractivity (Wildman–Crippen MR) is 65.3 cm³/mol. The zero-order valence-corrected chi connectivity index (χ0v) is 10.2. The molecule has 3 aromatic rings. The van der Waals surface area contributed by atoms with Gasteiger partial charge in [-0.05, 0) is 13.0 Å². The molecule has 20 heavy (non-hydrogen) atoms. The van der Waals surface area contributed by atoms with E-state index in [0.29, 0.717) is 11.8 Å². The van der Waals surface area contributed by atoms with Crippen LogP contribution < -0.4 is 5.56 Å². The van der Waals surface area contributed by atoms with Gasteiger partial charge in [0.2, 0.25) is 0 Å². The molecule has 0 radical (unpaired) electrons. The Bertz CT molecular complexity index is 884. The predicted octanol–water partition coefficient (Wildman–Crippen LogP) is 3.06. The van der Waals surface area contributed by atoms with E-state index in [1.165, 1.54) is 18.4 Å². The number of rotatable bonds is 0. The van der Waals surface area contributed by atoms with Crippen molar-refractivity contribution in [2.75, 3.05) is 0 Å². The fourth-order valence-corrected chi connectivity index (χ4v) is 2.00.